The maximum Gasteiger partial charge on any atom is 0.328 e. The van der Waals surface area contributed by atoms with Gasteiger partial charge in [-0.15, -0.1) is 0 Å². The summed E-state index contributed by atoms with van der Waals surface area (Å²) in [5, 5.41) is 27.9. The summed E-state index contributed by atoms with van der Waals surface area (Å²) in [6.45, 7) is 2.27. The summed E-state index contributed by atoms with van der Waals surface area (Å²) < 4.78 is 18.8. The third-order valence-corrected chi connectivity index (χ3v) is 9.19. The number of pyridine rings is 1. The minimum absolute atomic E-state index is 0.0276. The Kier molecular flexibility index (Phi) is 11.9. The van der Waals surface area contributed by atoms with Crippen LogP contribution in [0.25, 0.3) is 0 Å². The first-order valence-electron chi connectivity index (χ1n) is 15.4. The first-order valence-corrected chi connectivity index (χ1v) is 16.4. The Labute approximate surface area is 278 Å². The molecule has 1 aliphatic rings. The Morgan fingerprint density at radius 3 is 2.28 bits per heavy atom. The summed E-state index contributed by atoms with van der Waals surface area (Å²) in [6, 6.07) is 28.7. The number of carbonyl (C=O) groups is 2. The first kappa shape index (κ1) is 33.9. The van der Waals surface area contributed by atoms with Gasteiger partial charge in [-0.1, -0.05) is 97.5 Å². The first-order chi connectivity index (χ1) is 22.8. The molecule has 2 amide bonds. The number of amides is 2. The molecule has 10 nitrogen and oxygen atoms in total. The lowest BCUT2D eigenvalue weighted by atomic mass is 9.91. The highest BCUT2D eigenvalue weighted by atomic mass is 32.2. The highest BCUT2D eigenvalue weighted by molar-refractivity contribution is 7.99. The van der Waals surface area contributed by atoms with E-state index in [1.807, 2.05) is 84.9 Å². The minimum Gasteiger partial charge on any atom is -0.618 e. The lowest BCUT2D eigenvalue weighted by Crippen LogP contribution is -2.47. The average molecular weight is 658 g/mol. The van der Waals surface area contributed by atoms with E-state index in [4.69, 9.17) is 14.2 Å². The second-order valence-corrected chi connectivity index (χ2v) is 12.4. The van der Waals surface area contributed by atoms with Crippen LogP contribution < -0.4 is 15.4 Å². The van der Waals surface area contributed by atoms with Crippen LogP contribution >= 0.6 is 11.8 Å². The Bertz CT molecular complexity index is 1610. The Balaban J connectivity index is 1.24. The Hall–Kier alpha value is -4.42. The molecule has 0 unspecified atom stereocenters. The van der Waals surface area contributed by atoms with Crippen molar-refractivity contribution in [2.75, 3.05) is 12.9 Å². The van der Waals surface area contributed by atoms with Crippen LogP contribution in [0.5, 0.6) is 0 Å². The number of methoxy groups -OCH3 is 1. The lowest BCUT2D eigenvalue weighted by Gasteiger charge is -2.41. The van der Waals surface area contributed by atoms with Gasteiger partial charge in [-0.2, -0.15) is 4.73 Å². The maximum absolute atomic E-state index is 12.7. The summed E-state index contributed by atoms with van der Waals surface area (Å²) >= 11 is 1.44. The largest absolute Gasteiger partial charge is 0.618 e. The van der Waals surface area contributed by atoms with Crippen molar-refractivity contribution in [2.45, 2.75) is 56.1 Å². The molecule has 0 aliphatic carbocycles. The quantitative estimate of drug-likeness (QED) is 0.0842. The topological polar surface area (TPSA) is 133 Å². The van der Waals surface area contributed by atoms with Gasteiger partial charge in [0.25, 0.3) is 5.03 Å². The number of aliphatic hydroxyl groups is 1. The fraction of sp³-hybridized carbons (Fsp3) is 0.306. The monoisotopic (exact) mass is 657 g/mol. The Morgan fingerprint density at radius 2 is 1.60 bits per heavy atom. The maximum atomic E-state index is 12.7. The number of hydrogen-bond donors (Lipinski definition) is 3. The molecule has 4 aromatic rings. The second kappa shape index (κ2) is 16.4. The summed E-state index contributed by atoms with van der Waals surface area (Å²) in [6.07, 6.45) is 0.603. The third-order valence-electron chi connectivity index (χ3n) is 8.09. The number of nitrogens with one attached hydrogen (secondary N) is 2. The number of nitrogens with zero attached hydrogens (tertiary/aromatic N) is 1. The normalized spacial score (nSPS) is 19.8. The molecule has 0 radical (unpaired) electrons. The molecule has 3 N–H and O–H groups in total. The van der Waals surface area contributed by atoms with Crippen LogP contribution in [0.15, 0.2) is 108 Å². The van der Waals surface area contributed by atoms with Crippen molar-refractivity contribution in [2.24, 2.45) is 5.92 Å². The summed E-state index contributed by atoms with van der Waals surface area (Å²) in [4.78, 5) is 25.0. The van der Waals surface area contributed by atoms with Crippen LogP contribution in [0.4, 0.5) is 4.79 Å². The number of hydrogen-bond acceptors (Lipinski definition) is 8. The molecule has 1 saturated heterocycles. The van der Waals surface area contributed by atoms with Crippen molar-refractivity contribution in [3.63, 3.8) is 0 Å². The number of esters is 1. The van der Waals surface area contributed by atoms with E-state index in [1.54, 1.807) is 12.1 Å². The zero-order chi connectivity index (χ0) is 33.2. The van der Waals surface area contributed by atoms with Crippen molar-refractivity contribution in [3.05, 3.63) is 136 Å². The molecular formula is C36H39N3O7S. The number of thioether (sulfide) groups is 1. The molecule has 1 fully saturated rings. The number of benzene rings is 3. The standard InChI is InChI=1S/C36H39N3O7S/c1-24-31(23-47-32-10-6-7-19-39(32)43)45-35(46-33(24)28-15-13-27(22-40)14-16-28)29-17-11-26(12-18-29)21-37-36(42)38-30(34(41)44-2)20-25-8-4-3-5-9-25/h3-19,24,30-31,33,35,40H,20-23H2,1-2H3,(H2,37,38,42)/t24-,30-,31+,33+,35+/m0/s1. The Morgan fingerprint density at radius 1 is 0.915 bits per heavy atom. The molecule has 11 heteroatoms. The van der Waals surface area contributed by atoms with Crippen LogP contribution in [0, 0.1) is 11.1 Å². The summed E-state index contributed by atoms with van der Waals surface area (Å²) in [5.74, 6) is -0.00218. The van der Waals surface area contributed by atoms with Crippen LogP contribution in [-0.2, 0) is 38.6 Å². The number of aromatic nitrogens is 1. The average Bonchev–Trinajstić information content (AvgIpc) is 3.11. The molecule has 5 rings (SSSR count). The zero-order valence-electron chi connectivity index (χ0n) is 26.3. The van der Waals surface area contributed by atoms with Crippen LogP contribution in [0.2, 0.25) is 0 Å². The molecular weight excluding hydrogens is 618 g/mol. The fourth-order valence-corrected chi connectivity index (χ4v) is 6.45. The van der Waals surface area contributed by atoms with E-state index >= 15 is 0 Å². The molecule has 0 bridgehead atoms. The summed E-state index contributed by atoms with van der Waals surface area (Å²) in [7, 11) is 1.29. The van der Waals surface area contributed by atoms with Gasteiger partial charge in [-0.05, 0) is 28.3 Å². The minimum atomic E-state index is -0.827. The number of aliphatic hydroxyl groups excluding tert-OH is 1. The van der Waals surface area contributed by atoms with Crippen molar-refractivity contribution in [3.8, 4) is 0 Å². The number of rotatable bonds is 12. The number of carbonyl (C=O) groups excluding carboxylic acids is 2. The third kappa shape index (κ3) is 9.11. The molecule has 47 heavy (non-hydrogen) atoms. The van der Waals surface area contributed by atoms with Gasteiger partial charge in [0.05, 0.1) is 25.9 Å². The molecule has 5 atom stereocenters. The van der Waals surface area contributed by atoms with E-state index < -0.39 is 24.3 Å². The molecule has 1 aliphatic heterocycles. The smallest absolute Gasteiger partial charge is 0.328 e. The van der Waals surface area contributed by atoms with Crippen molar-refractivity contribution < 1.29 is 33.6 Å². The van der Waals surface area contributed by atoms with E-state index in [1.165, 1.54) is 25.1 Å². The predicted octanol–water partition coefficient (Wildman–Crippen LogP) is 4.98. The second-order valence-electron chi connectivity index (χ2n) is 11.3. The highest BCUT2D eigenvalue weighted by Crippen LogP contribution is 2.42. The van der Waals surface area contributed by atoms with E-state index in [9.17, 15) is 19.9 Å². The van der Waals surface area contributed by atoms with E-state index in [-0.39, 0.29) is 31.3 Å². The van der Waals surface area contributed by atoms with Crippen LogP contribution in [0.3, 0.4) is 0 Å². The molecule has 246 valence electrons. The van der Waals surface area contributed by atoms with Crippen molar-refractivity contribution in [1.29, 1.82) is 0 Å². The molecule has 2 heterocycles. The molecule has 0 saturated carbocycles. The number of urea groups is 1. The van der Waals surface area contributed by atoms with E-state index in [0.29, 0.717) is 17.2 Å². The fourth-order valence-electron chi connectivity index (χ4n) is 5.37. The van der Waals surface area contributed by atoms with Crippen molar-refractivity contribution >= 4 is 23.8 Å². The van der Waals surface area contributed by atoms with Gasteiger partial charge in [0.15, 0.2) is 12.5 Å². The van der Waals surface area contributed by atoms with E-state index in [2.05, 4.69) is 17.6 Å². The van der Waals surface area contributed by atoms with Gasteiger partial charge < -0.3 is 35.2 Å². The van der Waals surface area contributed by atoms with Gasteiger partial charge in [-0.25, -0.2) is 9.59 Å². The van der Waals surface area contributed by atoms with Gasteiger partial charge in [0, 0.05) is 42.3 Å². The molecule has 1 aromatic heterocycles. The zero-order valence-corrected chi connectivity index (χ0v) is 27.1. The van der Waals surface area contributed by atoms with E-state index in [0.717, 1.165) is 32.5 Å². The predicted molar refractivity (Wildman–Crippen MR) is 177 cm³/mol. The lowest BCUT2D eigenvalue weighted by molar-refractivity contribution is -0.645. The highest BCUT2D eigenvalue weighted by Gasteiger charge is 2.38. The number of ether oxygens (including phenoxy) is 3. The summed E-state index contributed by atoms with van der Waals surface area (Å²) in [5.41, 5.74) is 4.35. The van der Waals surface area contributed by atoms with Gasteiger partial charge >= 0.3 is 12.0 Å². The molecule has 3 aromatic carbocycles. The van der Waals surface area contributed by atoms with Gasteiger partial charge in [0.2, 0.25) is 0 Å². The van der Waals surface area contributed by atoms with Gasteiger partial charge in [0.1, 0.15) is 6.04 Å². The van der Waals surface area contributed by atoms with Crippen LogP contribution in [-0.4, -0.2) is 42.1 Å². The van der Waals surface area contributed by atoms with Crippen LogP contribution in [0.1, 0.15) is 47.1 Å². The SMILES string of the molecule is COC(=O)[C@H](Cc1ccccc1)NC(=O)NCc1ccc([C@@H]2O[C@H](CSc3cccc[n+]3[O-])[C@H](C)[C@H](c3ccc(CO)cc3)O2)cc1. The van der Waals surface area contributed by atoms with Gasteiger partial charge in [-0.3, -0.25) is 0 Å². The molecule has 0 spiro atoms. The van der Waals surface area contributed by atoms with Crippen molar-refractivity contribution in [1.82, 2.24) is 10.6 Å².